The number of pyridine rings is 2. The maximum Gasteiger partial charge on any atom is 0.443 e. The fourth-order valence-electron chi connectivity index (χ4n) is 4.39. The van der Waals surface area contributed by atoms with Crippen LogP contribution in [0.4, 0.5) is 0 Å². The van der Waals surface area contributed by atoms with Gasteiger partial charge in [-0.3, -0.25) is 0 Å². The molecular weight excluding hydrogens is 369 g/mol. The minimum Gasteiger partial charge on any atom is -0.449 e. The Labute approximate surface area is 181 Å². The molecule has 1 aromatic carbocycles. The molecule has 0 bridgehead atoms. The first-order valence-corrected chi connectivity index (χ1v) is 10.1. The van der Waals surface area contributed by atoms with E-state index in [9.17, 15) is 0 Å². The number of furan rings is 1. The number of hydrogen-bond acceptors (Lipinski definition) is 3. The molecule has 5 heteroatoms. The molecule has 0 atom stereocenters. The Balaban J connectivity index is 1.73. The standard InChI is InChI=1S/C25H25BN3O/c1-16-13-22(28(4)15-21(16)19-9-7-6-8-10-19)26-24-23(17(2)14-29(26)5)20-12-11-18(3)27-25(20)30-24/h6-15H,1-5H3/q+1/i2D3. The zero-order valence-electron chi connectivity index (χ0n) is 20.6. The van der Waals surface area contributed by atoms with Gasteiger partial charge in [-0.1, -0.05) is 30.3 Å². The van der Waals surface area contributed by atoms with Crippen molar-refractivity contribution in [3.05, 3.63) is 77.7 Å². The van der Waals surface area contributed by atoms with Crippen molar-refractivity contribution in [1.82, 2.24) is 9.79 Å². The van der Waals surface area contributed by atoms with Crippen LogP contribution >= 0.6 is 0 Å². The van der Waals surface area contributed by atoms with Gasteiger partial charge in [0.25, 0.3) is 0 Å². The maximum absolute atomic E-state index is 8.14. The molecule has 4 aromatic rings. The highest BCUT2D eigenvalue weighted by Gasteiger charge is 2.41. The summed E-state index contributed by atoms with van der Waals surface area (Å²) in [5, 5.41) is 0.733. The highest BCUT2D eigenvalue weighted by molar-refractivity contribution is 6.82. The van der Waals surface area contributed by atoms with E-state index in [0.29, 0.717) is 16.9 Å². The van der Waals surface area contributed by atoms with Crippen molar-refractivity contribution < 1.29 is 13.1 Å². The Morgan fingerprint density at radius 3 is 2.70 bits per heavy atom. The van der Waals surface area contributed by atoms with Gasteiger partial charge in [-0.05, 0) is 62.8 Å². The third kappa shape index (κ3) is 2.85. The molecule has 0 aliphatic carbocycles. The molecule has 0 saturated heterocycles. The number of aromatic nitrogens is 2. The number of hydrogen-bond donors (Lipinski definition) is 0. The van der Waals surface area contributed by atoms with Crippen LogP contribution in [-0.2, 0) is 7.05 Å². The van der Waals surface area contributed by atoms with Gasteiger partial charge in [0.15, 0.2) is 11.8 Å². The topological polar surface area (TPSA) is 33.2 Å². The monoisotopic (exact) mass is 397 g/mol. The lowest BCUT2D eigenvalue weighted by molar-refractivity contribution is -0.653. The number of fused-ring (bicyclic) bond motifs is 3. The molecule has 0 radical (unpaired) electrons. The van der Waals surface area contributed by atoms with Crippen LogP contribution < -0.4 is 15.8 Å². The van der Waals surface area contributed by atoms with E-state index in [0.717, 1.165) is 33.4 Å². The lowest BCUT2D eigenvalue weighted by Gasteiger charge is -2.26. The zero-order valence-corrected chi connectivity index (χ0v) is 17.6. The van der Waals surface area contributed by atoms with E-state index in [-0.39, 0.29) is 12.4 Å². The number of nitrogens with zero attached hydrogens (tertiary/aromatic N) is 3. The van der Waals surface area contributed by atoms with Crippen LogP contribution in [0.25, 0.3) is 27.8 Å². The summed E-state index contributed by atoms with van der Waals surface area (Å²) in [6.07, 6.45) is 3.86. The summed E-state index contributed by atoms with van der Waals surface area (Å²) in [5.41, 5.74) is 7.27. The Morgan fingerprint density at radius 1 is 1.13 bits per heavy atom. The number of benzene rings is 1. The molecule has 0 fully saturated rings. The molecule has 0 amide bonds. The molecule has 1 aliphatic rings. The first-order valence-electron chi connectivity index (χ1n) is 11.6. The van der Waals surface area contributed by atoms with Gasteiger partial charge in [0.1, 0.15) is 12.7 Å². The molecule has 3 aromatic heterocycles. The van der Waals surface area contributed by atoms with Crippen molar-refractivity contribution in [2.45, 2.75) is 20.7 Å². The molecular formula is C25H25BN3O+. The van der Waals surface area contributed by atoms with Crippen LogP contribution in [0.1, 0.15) is 27.8 Å². The van der Waals surface area contributed by atoms with E-state index in [2.05, 4.69) is 40.9 Å². The predicted octanol–water partition coefficient (Wildman–Crippen LogP) is 3.35. The molecule has 30 heavy (non-hydrogen) atoms. The van der Waals surface area contributed by atoms with Gasteiger partial charge in [-0.2, -0.15) is 0 Å². The minimum atomic E-state index is -2.27. The van der Waals surface area contributed by atoms with E-state index in [4.69, 9.17) is 8.53 Å². The third-order valence-electron chi connectivity index (χ3n) is 5.86. The summed E-state index contributed by atoms with van der Waals surface area (Å²) >= 11 is 0. The van der Waals surface area contributed by atoms with Crippen LogP contribution in [0.5, 0.6) is 0 Å². The van der Waals surface area contributed by atoms with Crippen LogP contribution in [0, 0.1) is 13.8 Å². The van der Waals surface area contributed by atoms with Crippen LogP contribution in [0.3, 0.4) is 0 Å². The van der Waals surface area contributed by atoms with Gasteiger partial charge in [-0.15, -0.1) is 0 Å². The number of rotatable bonds is 2. The summed E-state index contributed by atoms with van der Waals surface area (Å²) < 4.78 is 32.8. The summed E-state index contributed by atoms with van der Waals surface area (Å²) in [6.45, 7) is 1.44. The average Bonchev–Trinajstić information content (AvgIpc) is 3.12. The first-order chi connectivity index (χ1) is 15.6. The molecule has 4 nitrogen and oxygen atoms in total. The lowest BCUT2D eigenvalue weighted by atomic mass is 9.51. The second-order valence-electron chi connectivity index (χ2n) is 8.03. The summed E-state index contributed by atoms with van der Waals surface area (Å²) in [6, 6.07) is 16.2. The second kappa shape index (κ2) is 6.87. The van der Waals surface area contributed by atoms with Crippen LogP contribution in [0.2, 0.25) is 0 Å². The van der Waals surface area contributed by atoms with Crippen molar-refractivity contribution >= 4 is 34.8 Å². The Hall–Kier alpha value is -3.34. The Morgan fingerprint density at radius 2 is 1.93 bits per heavy atom. The predicted molar refractivity (Wildman–Crippen MR) is 123 cm³/mol. The Bertz CT molecular complexity index is 1410. The maximum atomic E-state index is 8.14. The molecule has 148 valence electrons. The fourth-order valence-corrected chi connectivity index (χ4v) is 4.39. The molecule has 0 N–H and O–H groups in total. The van der Waals surface area contributed by atoms with Gasteiger partial charge in [-0.25, -0.2) is 9.55 Å². The number of aryl methyl sites for hydroxylation is 3. The highest BCUT2D eigenvalue weighted by atomic mass is 16.3. The minimum absolute atomic E-state index is 0.279. The van der Waals surface area contributed by atoms with E-state index >= 15 is 0 Å². The smallest absolute Gasteiger partial charge is 0.443 e. The van der Waals surface area contributed by atoms with Gasteiger partial charge in [0.2, 0.25) is 5.71 Å². The van der Waals surface area contributed by atoms with Gasteiger partial charge >= 0.3 is 6.85 Å². The molecule has 0 saturated carbocycles. The quantitative estimate of drug-likeness (QED) is 0.384. The largest absolute Gasteiger partial charge is 0.449 e. The molecule has 1 aliphatic heterocycles. The normalized spacial score (nSPS) is 15.5. The van der Waals surface area contributed by atoms with E-state index in [1.807, 2.05) is 56.2 Å². The fraction of sp³-hybridized carbons (Fsp3) is 0.200. The lowest BCUT2D eigenvalue weighted by Crippen LogP contribution is -2.65. The zero-order chi connectivity index (χ0) is 23.5. The van der Waals surface area contributed by atoms with Crippen LogP contribution in [-0.4, -0.2) is 23.7 Å². The van der Waals surface area contributed by atoms with E-state index in [1.165, 1.54) is 0 Å². The van der Waals surface area contributed by atoms with Crippen molar-refractivity contribution in [3.63, 3.8) is 0 Å². The van der Waals surface area contributed by atoms with Gasteiger partial charge < -0.3 is 9.23 Å². The average molecular weight is 397 g/mol. The Kier molecular flexibility index (Phi) is 3.55. The van der Waals surface area contributed by atoms with Crippen molar-refractivity contribution in [2.75, 3.05) is 7.05 Å². The summed E-state index contributed by atoms with van der Waals surface area (Å²) in [4.78, 5) is 6.47. The van der Waals surface area contributed by atoms with Crippen molar-refractivity contribution in [3.8, 4) is 11.1 Å². The molecule has 0 unspecified atom stereocenters. The van der Waals surface area contributed by atoms with Crippen molar-refractivity contribution in [1.29, 1.82) is 0 Å². The van der Waals surface area contributed by atoms with Gasteiger partial charge in [0, 0.05) is 32.4 Å². The summed E-state index contributed by atoms with van der Waals surface area (Å²) in [5.74, 6) is 0. The van der Waals surface area contributed by atoms with Crippen LogP contribution in [0.15, 0.2) is 65.3 Å². The van der Waals surface area contributed by atoms with Gasteiger partial charge in [0.05, 0.1) is 0 Å². The second-order valence-corrected chi connectivity index (χ2v) is 8.03. The van der Waals surface area contributed by atoms with E-state index in [1.54, 1.807) is 6.20 Å². The SMILES string of the molecule is [2H]C([2H])([2H])C1=CN(C)B(c2cc(C)c(-c3ccccc3)c[n+]2C)c2oc3nc(C)ccc3c21. The first kappa shape index (κ1) is 15.5. The molecule has 5 rings (SSSR count). The van der Waals surface area contributed by atoms with Crippen molar-refractivity contribution in [2.24, 2.45) is 7.05 Å². The summed E-state index contributed by atoms with van der Waals surface area (Å²) in [7, 11) is 3.91. The highest BCUT2D eigenvalue weighted by Crippen LogP contribution is 2.29. The molecule has 0 spiro atoms. The van der Waals surface area contributed by atoms with E-state index < -0.39 is 6.85 Å². The molecule has 4 heterocycles. The number of allylic oxidation sites excluding steroid dienone is 1. The third-order valence-corrected chi connectivity index (χ3v) is 5.86.